The van der Waals surface area contributed by atoms with Crippen LogP contribution < -0.4 is 14.9 Å². The van der Waals surface area contributed by atoms with Gasteiger partial charge in [0.2, 0.25) is 0 Å². The average Bonchev–Trinajstić information content (AvgIpc) is 3.41. The van der Waals surface area contributed by atoms with Crippen LogP contribution in [0.2, 0.25) is 0 Å². The predicted molar refractivity (Wildman–Crippen MR) is 118 cm³/mol. The third kappa shape index (κ3) is 3.77. The number of hydrogen-bond donors (Lipinski definition) is 0. The number of nitrogens with zero attached hydrogens (tertiary/aromatic N) is 2. The van der Waals surface area contributed by atoms with Crippen LogP contribution >= 0.6 is 22.7 Å². The van der Waals surface area contributed by atoms with Gasteiger partial charge >= 0.3 is 11.9 Å². The van der Waals surface area contributed by atoms with Crippen LogP contribution in [0.1, 0.15) is 33.8 Å². The van der Waals surface area contributed by atoms with E-state index in [1.807, 2.05) is 17.5 Å². The van der Waals surface area contributed by atoms with Crippen LogP contribution in [-0.2, 0) is 14.3 Å². The van der Waals surface area contributed by atoms with Crippen molar-refractivity contribution >= 4 is 40.7 Å². The number of benzene rings is 1. The van der Waals surface area contributed by atoms with Crippen molar-refractivity contribution in [3.05, 3.63) is 88.7 Å². The molecule has 31 heavy (non-hydrogen) atoms. The molecule has 0 saturated heterocycles. The lowest BCUT2D eigenvalue weighted by Gasteiger charge is -2.22. The first-order valence-corrected chi connectivity index (χ1v) is 11.0. The van der Waals surface area contributed by atoms with Gasteiger partial charge in [0, 0.05) is 4.88 Å². The Hall–Kier alpha value is -3.30. The molecule has 2 aromatic heterocycles. The second-order valence-corrected chi connectivity index (χ2v) is 8.69. The largest absolute Gasteiger partial charge is 0.466 e. The van der Waals surface area contributed by atoms with E-state index in [1.54, 1.807) is 41.8 Å². The average molecular weight is 455 g/mol. The predicted octanol–water partition coefficient (Wildman–Crippen LogP) is 2.26. The Morgan fingerprint density at radius 3 is 2.42 bits per heavy atom. The summed E-state index contributed by atoms with van der Waals surface area (Å²) in [6.07, 6.45) is 1.74. The summed E-state index contributed by atoms with van der Waals surface area (Å²) < 4.78 is 11.7. The fourth-order valence-electron chi connectivity index (χ4n) is 3.39. The summed E-state index contributed by atoms with van der Waals surface area (Å²) in [5.41, 5.74) is 1.83. The summed E-state index contributed by atoms with van der Waals surface area (Å²) in [5.74, 6) is -0.931. The van der Waals surface area contributed by atoms with Crippen molar-refractivity contribution in [2.24, 2.45) is 4.99 Å². The number of hydrogen-bond acceptors (Lipinski definition) is 8. The van der Waals surface area contributed by atoms with Crippen LogP contribution in [0.25, 0.3) is 6.08 Å². The molecule has 0 radical (unpaired) electrons. The molecule has 0 amide bonds. The van der Waals surface area contributed by atoms with E-state index in [4.69, 9.17) is 9.47 Å². The van der Waals surface area contributed by atoms with Crippen molar-refractivity contribution in [1.29, 1.82) is 0 Å². The molecule has 1 aliphatic heterocycles. The molecular formula is C22H18N2O5S2. The molecule has 1 atom stereocenters. The highest BCUT2D eigenvalue weighted by molar-refractivity contribution is 7.10. The molecule has 3 aromatic rings. The molecule has 0 spiro atoms. The zero-order valence-electron chi connectivity index (χ0n) is 16.9. The summed E-state index contributed by atoms with van der Waals surface area (Å²) in [7, 11) is 2.64. The number of thiazole rings is 1. The number of allylic oxidation sites excluding steroid dienone is 1. The lowest BCUT2D eigenvalue weighted by Crippen LogP contribution is -2.39. The zero-order chi connectivity index (χ0) is 22.1. The summed E-state index contributed by atoms with van der Waals surface area (Å²) in [5, 5.41) is 1.90. The molecule has 7 nitrogen and oxygen atoms in total. The summed E-state index contributed by atoms with van der Waals surface area (Å²) in [6.45, 7) is 1.75. The van der Waals surface area contributed by atoms with E-state index in [0.717, 1.165) is 10.4 Å². The lowest BCUT2D eigenvalue weighted by molar-refractivity contribution is -0.136. The van der Waals surface area contributed by atoms with Gasteiger partial charge in [-0.2, -0.15) is 0 Å². The number of esters is 2. The van der Waals surface area contributed by atoms with Gasteiger partial charge in [0.25, 0.3) is 5.56 Å². The van der Waals surface area contributed by atoms with Gasteiger partial charge in [0.05, 0.1) is 35.6 Å². The van der Waals surface area contributed by atoms with Crippen molar-refractivity contribution in [2.75, 3.05) is 14.2 Å². The lowest BCUT2D eigenvalue weighted by atomic mass is 10.0. The monoisotopic (exact) mass is 454 g/mol. The fraction of sp³-hybridized carbons (Fsp3) is 0.182. The molecule has 1 unspecified atom stereocenters. The van der Waals surface area contributed by atoms with Gasteiger partial charge in [0.15, 0.2) is 4.80 Å². The summed E-state index contributed by atoms with van der Waals surface area (Å²) in [4.78, 5) is 43.4. The normalized spacial score (nSPS) is 16.0. The SMILES string of the molecule is COC(=O)C1=C(C)N=c2s/c(=C\c3ccc(C(=O)OC)cc3)c(=O)n2C1c1cccs1. The molecule has 4 rings (SSSR count). The standard InChI is InChI=1S/C22H18N2O5S2/c1-12-17(21(27)29-3)18(15-5-4-10-30-15)24-19(25)16(31-22(24)23-12)11-13-6-8-14(9-7-13)20(26)28-2/h4-11,18H,1-3H3/b16-11-. The van der Waals surface area contributed by atoms with E-state index in [2.05, 4.69) is 4.99 Å². The highest BCUT2D eigenvalue weighted by Gasteiger charge is 2.33. The first-order valence-electron chi connectivity index (χ1n) is 9.27. The van der Waals surface area contributed by atoms with Crippen LogP contribution in [-0.4, -0.2) is 30.7 Å². The minimum Gasteiger partial charge on any atom is -0.466 e. The van der Waals surface area contributed by atoms with E-state index in [9.17, 15) is 14.4 Å². The molecule has 1 aromatic carbocycles. The molecule has 9 heteroatoms. The number of aromatic nitrogens is 1. The van der Waals surface area contributed by atoms with E-state index >= 15 is 0 Å². The second-order valence-electron chi connectivity index (χ2n) is 6.70. The Kier molecular flexibility index (Phi) is 5.71. The van der Waals surface area contributed by atoms with Crippen molar-refractivity contribution in [2.45, 2.75) is 13.0 Å². The van der Waals surface area contributed by atoms with Gasteiger partial charge in [0.1, 0.15) is 6.04 Å². The van der Waals surface area contributed by atoms with E-state index < -0.39 is 18.0 Å². The maximum absolute atomic E-state index is 13.3. The second kappa shape index (κ2) is 8.44. The number of rotatable bonds is 4. The van der Waals surface area contributed by atoms with E-state index in [-0.39, 0.29) is 5.56 Å². The summed E-state index contributed by atoms with van der Waals surface area (Å²) >= 11 is 2.72. The number of fused-ring (bicyclic) bond motifs is 1. The van der Waals surface area contributed by atoms with Gasteiger partial charge < -0.3 is 9.47 Å². The van der Waals surface area contributed by atoms with Crippen LogP contribution in [0.4, 0.5) is 0 Å². The molecule has 158 valence electrons. The van der Waals surface area contributed by atoms with Gasteiger partial charge in [-0.3, -0.25) is 9.36 Å². The Bertz CT molecular complexity index is 1360. The summed E-state index contributed by atoms with van der Waals surface area (Å²) in [6, 6.07) is 9.94. The molecule has 0 N–H and O–H groups in total. The quantitative estimate of drug-likeness (QED) is 0.565. The van der Waals surface area contributed by atoms with Crippen molar-refractivity contribution in [3.63, 3.8) is 0 Å². The third-order valence-corrected chi connectivity index (χ3v) is 6.78. The first kappa shape index (κ1) is 21.0. The fourth-order valence-corrected chi connectivity index (χ4v) is 5.26. The zero-order valence-corrected chi connectivity index (χ0v) is 18.6. The van der Waals surface area contributed by atoms with Gasteiger partial charge in [-0.25, -0.2) is 14.6 Å². The van der Waals surface area contributed by atoms with E-state index in [1.165, 1.54) is 36.9 Å². The van der Waals surface area contributed by atoms with Crippen molar-refractivity contribution in [3.8, 4) is 0 Å². The number of carbonyl (C=O) groups excluding carboxylic acids is 2. The molecular weight excluding hydrogens is 436 g/mol. The highest BCUT2D eigenvalue weighted by atomic mass is 32.1. The van der Waals surface area contributed by atoms with E-state index in [0.29, 0.717) is 26.2 Å². The molecule has 3 heterocycles. The number of ether oxygens (including phenoxy) is 2. The minimum atomic E-state index is -0.590. The van der Waals surface area contributed by atoms with Crippen LogP contribution in [0.15, 0.2) is 62.8 Å². The molecule has 0 bridgehead atoms. The van der Waals surface area contributed by atoms with Gasteiger partial charge in [-0.1, -0.05) is 29.5 Å². The highest BCUT2D eigenvalue weighted by Crippen LogP contribution is 2.32. The van der Waals surface area contributed by atoms with Crippen LogP contribution in [0.5, 0.6) is 0 Å². The Morgan fingerprint density at radius 2 is 1.81 bits per heavy atom. The topological polar surface area (TPSA) is 87.0 Å². The van der Waals surface area contributed by atoms with Gasteiger partial charge in [-0.15, -0.1) is 11.3 Å². The molecule has 0 saturated carbocycles. The Morgan fingerprint density at radius 1 is 1.10 bits per heavy atom. The maximum Gasteiger partial charge on any atom is 0.338 e. The minimum absolute atomic E-state index is 0.243. The molecule has 0 fully saturated rings. The number of thiophene rings is 1. The Labute approximate surface area is 185 Å². The smallest absolute Gasteiger partial charge is 0.338 e. The Balaban J connectivity index is 1.87. The van der Waals surface area contributed by atoms with Crippen molar-refractivity contribution < 1.29 is 19.1 Å². The van der Waals surface area contributed by atoms with Gasteiger partial charge in [-0.05, 0) is 42.1 Å². The maximum atomic E-state index is 13.3. The van der Waals surface area contributed by atoms with Crippen molar-refractivity contribution in [1.82, 2.24) is 4.57 Å². The number of methoxy groups -OCH3 is 2. The number of carbonyl (C=O) groups is 2. The third-order valence-electron chi connectivity index (χ3n) is 4.87. The van der Waals surface area contributed by atoms with Crippen LogP contribution in [0.3, 0.4) is 0 Å². The molecule has 1 aliphatic rings. The first-order chi connectivity index (χ1) is 14.9. The molecule has 0 aliphatic carbocycles. The van der Waals surface area contributed by atoms with Crippen LogP contribution in [0, 0.1) is 0 Å².